The first-order valence-electron chi connectivity index (χ1n) is 6.05. The van der Waals surface area contributed by atoms with E-state index in [1.807, 2.05) is 19.1 Å². The van der Waals surface area contributed by atoms with Crippen LogP contribution in [0.1, 0.15) is 18.4 Å². The number of hydrogen-bond donors (Lipinski definition) is 2. The van der Waals surface area contributed by atoms with Crippen LogP contribution >= 0.6 is 15.9 Å². The van der Waals surface area contributed by atoms with Crippen LogP contribution in [0.5, 0.6) is 0 Å². The van der Waals surface area contributed by atoms with Gasteiger partial charge in [0.1, 0.15) is 6.04 Å². The lowest BCUT2D eigenvalue weighted by atomic mass is 10.2. The Hall–Kier alpha value is -1.56. The molecule has 1 aromatic carbocycles. The first-order chi connectivity index (χ1) is 8.99. The molecule has 1 aliphatic rings. The molecule has 6 heteroatoms. The summed E-state index contributed by atoms with van der Waals surface area (Å²) in [5, 5.41) is 11.8. The molecule has 2 amide bonds. The van der Waals surface area contributed by atoms with Crippen LogP contribution in [0.2, 0.25) is 0 Å². The van der Waals surface area contributed by atoms with Gasteiger partial charge < -0.3 is 15.3 Å². The fourth-order valence-corrected chi connectivity index (χ4v) is 2.70. The first kappa shape index (κ1) is 13.9. The van der Waals surface area contributed by atoms with Gasteiger partial charge in [-0.1, -0.05) is 15.9 Å². The molecule has 1 saturated heterocycles. The highest BCUT2D eigenvalue weighted by molar-refractivity contribution is 9.10. The summed E-state index contributed by atoms with van der Waals surface area (Å²) >= 11 is 3.36. The average Bonchev–Trinajstić information content (AvgIpc) is 2.82. The van der Waals surface area contributed by atoms with Crippen LogP contribution in [0, 0.1) is 6.92 Å². The summed E-state index contributed by atoms with van der Waals surface area (Å²) in [6.07, 6.45) is 1.24. The van der Waals surface area contributed by atoms with Gasteiger partial charge in [-0.25, -0.2) is 9.59 Å². The van der Waals surface area contributed by atoms with Crippen molar-refractivity contribution in [3.63, 3.8) is 0 Å². The van der Waals surface area contributed by atoms with E-state index in [-0.39, 0.29) is 6.03 Å². The number of carboxylic acid groups (broad SMARTS) is 1. The summed E-state index contributed by atoms with van der Waals surface area (Å²) in [5.41, 5.74) is 1.62. The van der Waals surface area contributed by atoms with Crippen molar-refractivity contribution in [2.24, 2.45) is 0 Å². The molecule has 1 aromatic rings. The lowest BCUT2D eigenvalue weighted by Gasteiger charge is -2.22. The quantitative estimate of drug-likeness (QED) is 0.877. The summed E-state index contributed by atoms with van der Waals surface area (Å²) in [5.74, 6) is -0.944. The Labute approximate surface area is 119 Å². The van der Waals surface area contributed by atoms with Gasteiger partial charge in [-0.15, -0.1) is 0 Å². The minimum absolute atomic E-state index is 0.352. The fraction of sp³-hybridized carbons (Fsp3) is 0.385. The van der Waals surface area contributed by atoms with E-state index in [2.05, 4.69) is 21.2 Å². The van der Waals surface area contributed by atoms with Crippen molar-refractivity contribution in [2.45, 2.75) is 25.8 Å². The van der Waals surface area contributed by atoms with Crippen LogP contribution in [-0.4, -0.2) is 34.6 Å². The predicted molar refractivity (Wildman–Crippen MR) is 75.3 cm³/mol. The minimum Gasteiger partial charge on any atom is -0.480 e. The zero-order valence-corrected chi connectivity index (χ0v) is 12.1. The molecule has 5 nitrogen and oxygen atoms in total. The summed E-state index contributed by atoms with van der Waals surface area (Å²) < 4.78 is 0.938. The normalized spacial score (nSPS) is 18.4. The van der Waals surface area contributed by atoms with Gasteiger partial charge in [0.2, 0.25) is 0 Å². The molecule has 0 aliphatic carbocycles. The highest BCUT2D eigenvalue weighted by Gasteiger charge is 2.34. The molecule has 0 unspecified atom stereocenters. The molecule has 1 heterocycles. The van der Waals surface area contributed by atoms with Gasteiger partial charge in [0.25, 0.3) is 0 Å². The number of rotatable bonds is 2. The Morgan fingerprint density at radius 3 is 2.84 bits per heavy atom. The van der Waals surface area contributed by atoms with E-state index in [0.29, 0.717) is 18.7 Å². The molecule has 19 heavy (non-hydrogen) atoms. The molecule has 0 spiro atoms. The zero-order valence-electron chi connectivity index (χ0n) is 10.5. The smallest absolute Gasteiger partial charge is 0.326 e. The number of halogens is 1. The number of nitrogens with zero attached hydrogens (tertiary/aromatic N) is 1. The topological polar surface area (TPSA) is 69.6 Å². The number of carbonyl (C=O) groups excluding carboxylic acids is 1. The van der Waals surface area contributed by atoms with Gasteiger partial charge in [0.05, 0.1) is 0 Å². The molecular weight excluding hydrogens is 312 g/mol. The Bertz CT molecular complexity index is 519. The highest BCUT2D eigenvalue weighted by Crippen LogP contribution is 2.23. The van der Waals surface area contributed by atoms with Crippen molar-refractivity contribution in [2.75, 3.05) is 11.9 Å². The van der Waals surface area contributed by atoms with Crippen molar-refractivity contribution in [1.82, 2.24) is 4.90 Å². The van der Waals surface area contributed by atoms with Crippen molar-refractivity contribution in [1.29, 1.82) is 0 Å². The Morgan fingerprint density at radius 1 is 1.47 bits per heavy atom. The second-order valence-electron chi connectivity index (χ2n) is 4.58. The van der Waals surface area contributed by atoms with Crippen LogP contribution in [0.4, 0.5) is 10.5 Å². The first-order valence-corrected chi connectivity index (χ1v) is 6.85. The van der Waals surface area contributed by atoms with Crippen LogP contribution in [-0.2, 0) is 4.79 Å². The number of amides is 2. The number of nitrogens with one attached hydrogen (secondary N) is 1. The maximum absolute atomic E-state index is 12.1. The van der Waals surface area contributed by atoms with Gasteiger partial charge >= 0.3 is 12.0 Å². The maximum Gasteiger partial charge on any atom is 0.326 e. The molecule has 1 atom stereocenters. The number of aryl methyl sites for hydroxylation is 1. The van der Waals surface area contributed by atoms with Gasteiger partial charge in [0, 0.05) is 16.7 Å². The summed E-state index contributed by atoms with van der Waals surface area (Å²) in [4.78, 5) is 24.5. The minimum atomic E-state index is -0.944. The zero-order chi connectivity index (χ0) is 14.0. The van der Waals surface area contributed by atoms with Crippen molar-refractivity contribution < 1.29 is 14.7 Å². The number of anilines is 1. The second kappa shape index (κ2) is 5.61. The Balaban J connectivity index is 2.10. The molecule has 102 valence electrons. The Morgan fingerprint density at radius 2 is 2.21 bits per heavy atom. The highest BCUT2D eigenvalue weighted by atomic mass is 79.9. The van der Waals surface area contributed by atoms with Crippen LogP contribution in [0.25, 0.3) is 0 Å². The number of carboxylic acids is 1. The van der Waals surface area contributed by atoms with Gasteiger partial charge in [-0.2, -0.15) is 0 Å². The number of benzene rings is 1. The van der Waals surface area contributed by atoms with Crippen molar-refractivity contribution in [3.8, 4) is 0 Å². The van der Waals surface area contributed by atoms with Gasteiger partial charge in [0.15, 0.2) is 0 Å². The molecule has 2 N–H and O–H groups in total. The average molecular weight is 327 g/mol. The van der Waals surface area contributed by atoms with E-state index in [1.165, 1.54) is 4.90 Å². The molecular formula is C13H15BrN2O3. The van der Waals surface area contributed by atoms with Crippen molar-refractivity contribution >= 4 is 33.6 Å². The Kier molecular flexibility index (Phi) is 4.09. The lowest BCUT2D eigenvalue weighted by molar-refractivity contribution is -0.141. The monoisotopic (exact) mass is 326 g/mol. The molecule has 2 rings (SSSR count). The van der Waals surface area contributed by atoms with E-state index in [1.54, 1.807) is 6.07 Å². The standard InChI is InChI=1S/C13H15BrN2O3/c1-8-7-9(14)4-5-10(8)15-13(19)16-6-2-3-11(16)12(17)18/h4-5,7,11H,2-3,6H2,1H3,(H,15,19)(H,17,18)/t11-/m1/s1. The largest absolute Gasteiger partial charge is 0.480 e. The summed E-state index contributed by atoms with van der Waals surface area (Å²) in [7, 11) is 0. The third-order valence-corrected chi connectivity index (χ3v) is 3.72. The predicted octanol–water partition coefficient (Wildman–Crippen LogP) is 2.84. The van der Waals surface area contributed by atoms with E-state index >= 15 is 0 Å². The number of hydrogen-bond acceptors (Lipinski definition) is 2. The number of urea groups is 1. The van der Waals surface area contributed by atoms with Crippen LogP contribution in [0.3, 0.4) is 0 Å². The van der Waals surface area contributed by atoms with Crippen LogP contribution in [0.15, 0.2) is 22.7 Å². The molecule has 0 aromatic heterocycles. The number of aliphatic carboxylic acids is 1. The van der Waals surface area contributed by atoms with Gasteiger partial charge in [-0.05, 0) is 43.5 Å². The van der Waals surface area contributed by atoms with E-state index in [0.717, 1.165) is 16.5 Å². The molecule has 0 saturated carbocycles. The third kappa shape index (κ3) is 3.07. The summed E-state index contributed by atoms with van der Waals surface area (Å²) in [6.45, 7) is 2.37. The SMILES string of the molecule is Cc1cc(Br)ccc1NC(=O)N1CCC[C@@H]1C(=O)O. The van der Waals surface area contributed by atoms with Crippen LogP contribution < -0.4 is 5.32 Å². The second-order valence-corrected chi connectivity index (χ2v) is 5.49. The summed E-state index contributed by atoms with van der Waals surface area (Å²) in [6, 6.07) is 4.46. The molecule has 1 fully saturated rings. The molecule has 0 bridgehead atoms. The molecule has 1 aliphatic heterocycles. The van der Waals surface area contributed by atoms with Crippen molar-refractivity contribution in [3.05, 3.63) is 28.2 Å². The maximum atomic E-state index is 12.1. The van der Waals surface area contributed by atoms with E-state index in [4.69, 9.17) is 5.11 Å². The molecule has 0 radical (unpaired) electrons. The number of carbonyl (C=O) groups is 2. The third-order valence-electron chi connectivity index (χ3n) is 3.23. The number of likely N-dealkylation sites (tertiary alicyclic amines) is 1. The van der Waals surface area contributed by atoms with E-state index in [9.17, 15) is 9.59 Å². The van der Waals surface area contributed by atoms with E-state index < -0.39 is 12.0 Å². The fourth-order valence-electron chi connectivity index (χ4n) is 2.22. The lowest BCUT2D eigenvalue weighted by Crippen LogP contribution is -2.42. The van der Waals surface area contributed by atoms with Gasteiger partial charge in [-0.3, -0.25) is 0 Å².